The standard InChI is InChI=1S/C13H17N3O/c1-9-5-4-6-10(7-9)8-11-15-12(17-16-11)13(2,3)14/h4-7H,8,14H2,1-3H3. The van der Waals surface area contributed by atoms with Crippen molar-refractivity contribution in [2.24, 2.45) is 5.73 Å². The van der Waals surface area contributed by atoms with E-state index in [1.807, 2.05) is 19.9 Å². The van der Waals surface area contributed by atoms with Gasteiger partial charge in [0.25, 0.3) is 0 Å². The lowest BCUT2D eigenvalue weighted by molar-refractivity contribution is 0.310. The number of aromatic nitrogens is 2. The number of aryl methyl sites for hydroxylation is 1. The van der Waals surface area contributed by atoms with E-state index in [-0.39, 0.29) is 0 Å². The maximum absolute atomic E-state index is 5.89. The normalized spacial score (nSPS) is 11.8. The highest BCUT2D eigenvalue weighted by Crippen LogP contribution is 2.15. The van der Waals surface area contributed by atoms with E-state index in [0.717, 1.165) is 0 Å². The van der Waals surface area contributed by atoms with Crippen LogP contribution in [0.25, 0.3) is 0 Å². The van der Waals surface area contributed by atoms with Gasteiger partial charge in [-0.25, -0.2) is 0 Å². The quantitative estimate of drug-likeness (QED) is 0.879. The van der Waals surface area contributed by atoms with Gasteiger partial charge in [0.2, 0.25) is 5.89 Å². The maximum Gasteiger partial charge on any atom is 0.246 e. The van der Waals surface area contributed by atoms with Crippen molar-refractivity contribution in [3.05, 3.63) is 47.1 Å². The minimum absolute atomic E-state index is 0.472. The van der Waals surface area contributed by atoms with Gasteiger partial charge in [0, 0.05) is 6.42 Å². The minimum Gasteiger partial charge on any atom is -0.337 e. The van der Waals surface area contributed by atoms with E-state index in [1.165, 1.54) is 11.1 Å². The summed E-state index contributed by atoms with van der Waals surface area (Å²) in [6.07, 6.45) is 0.668. The number of rotatable bonds is 3. The van der Waals surface area contributed by atoms with Gasteiger partial charge in [0.15, 0.2) is 5.82 Å². The summed E-state index contributed by atoms with van der Waals surface area (Å²) < 4.78 is 5.15. The van der Waals surface area contributed by atoms with Gasteiger partial charge in [-0.1, -0.05) is 35.0 Å². The fourth-order valence-electron chi connectivity index (χ4n) is 1.59. The smallest absolute Gasteiger partial charge is 0.246 e. The second-order valence-corrected chi connectivity index (χ2v) is 4.90. The first-order chi connectivity index (χ1) is 7.95. The van der Waals surface area contributed by atoms with E-state index >= 15 is 0 Å². The number of hydrogen-bond acceptors (Lipinski definition) is 4. The molecule has 2 aromatic rings. The molecule has 17 heavy (non-hydrogen) atoms. The predicted molar refractivity (Wildman–Crippen MR) is 65.5 cm³/mol. The highest BCUT2D eigenvalue weighted by molar-refractivity contribution is 5.24. The zero-order valence-corrected chi connectivity index (χ0v) is 10.4. The van der Waals surface area contributed by atoms with E-state index in [2.05, 4.69) is 35.3 Å². The van der Waals surface area contributed by atoms with Gasteiger partial charge >= 0.3 is 0 Å². The Hall–Kier alpha value is -1.68. The molecule has 0 atom stereocenters. The molecule has 1 heterocycles. The summed E-state index contributed by atoms with van der Waals surface area (Å²) in [4.78, 5) is 4.30. The first kappa shape index (κ1) is 11.8. The van der Waals surface area contributed by atoms with Crippen LogP contribution in [0.1, 0.15) is 36.7 Å². The molecule has 0 bridgehead atoms. The number of hydrogen-bond donors (Lipinski definition) is 1. The molecule has 0 radical (unpaired) electrons. The van der Waals surface area contributed by atoms with Crippen LogP contribution < -0.4 is 5.73 Å². The molecule has 4 nitrogen and oxygen atoms in total. The monoisotopic (exact) mass is 231 g/mol. The summed E-state index contributed by atoms with van der Waals surface area (Å²) in [5.41, 5.74) is 7.71. The molecule has 2 rings (SSSR count). The molecule has 2 N–H and O–H groups in total. The van der Waals surface area contributed by atoms with E-state index in [4.69, 9.17) is 10.3 Å². The van der Waals surface area contributed by atoms with Crippen LogP contribution in [0.5, 0.6) is 0 Å². The highest BCUT2D eigenvalue weighted by Gasteiger charge is 2.22. The van der Waals surface area contributed by atoms with Crippen molar-refractivity contribution in [2.75, 3.05) is 0 Å². The molecule has 0 aliphatic heterocycles. The second-order valence-electron chi connectivity index (χ2n) is 4.90. The van der Waals surface area contributed by atoms with Crippen LogP contribution in [0.2, 0.25) is 0 Å². The molecule has 90 valence electrons. The lowest BCUT2D eigenvalue weighted by Gasteiger charge is -2.10. The van der Waals surface area contributed by atoms with E-state index in [1.54, 1.807) is 0 Å². The van der Waals surface area contributed by atoms with Crippen molar-refractivity contribution in [3.63, 3.8) is 0 Å². The van der Waals surface area contributed by atoms with Crippen LogP contribution >= 0.6 is 0 Å². The summed E-state index contributed by atoms with van der Waals surface area (Å²) in [5, 5.41) is 3.94. The molecule has 0 unspecified atom stereocenters. The van der Waals surface area contributed by atoms with Crippen LogP contribution in [0.15, 0.2) is 28.8 Å². The highest BCUT2D eigenvalue weighted by atomic mass is 16.5. The average Bonchev–Trinajstić information content (AvgIpc) is 2.65. The lowest BCUT2D eigenvalue weighted by atomic mass is 10.1. The molecular formula is C13H17N3O. The number of nitrogens with two attached hydrogens (primary N) is 1. The third-order valence-electron chi connectivity index (χ3n) is 2.46. The second kappa shape index (κ2) is 4.30. The zero-order valence-electron chi connectivity index (χ0n) is 10.4. The molecule has 0 saturated heterocycles. The average molecular weight is 231 g/mol. The topological polar surface area (TPSA) is 64.9 Å². The summed E-state index contributed by atoms with van der Waals surface area (Å²) in [5.74, 6) is 1.14. The molecule has 1 aromatic carbocycles. The zero-order chi connectivity index (χ0) is 12.5. The predicted octanol–water partition coefficient (Wildman–Crippen LogP) is 2.16. The molecule has 0 spiro atoms. The van der Waals surface area contributed by atoms with E-state index in [0.29, 0.717) is 18.1 Å². The van der Waals surface area contributed by atoms with Crippen LogP contribution in [0.3, 0.4) is 0 Å². The number of benzene rings is 1. The molecule has 0 fully saturated rings. The Labute approximate surface area is 101 Å². The van der Waals surface area contributed by atoms with E-state index in [9.17, 15) is 0 Å². The minimum atomic E-state index is -0.585. The Morgan fingerprint density at radius 2 is 2.12 bits per heavy atom. The third-order valence-corrected chi connectivity index (χ3v) is 2.46. The van der Waals surface area contributed by atoms with Crippen LogP contribution in [0, 0.1) is 6.92 Å². The van der Waals surface area contributed by atoms with Gasteiger partial charge in [-0.3, -0.25) is 0 Å². The number of nitrogens with zero attached hydrogens (tertiary/aromatic N) is 2. The van der Waals surface area contributed by atoms with Crippen molar-refractivity contribution >= 4 is 0 Å². The van der Waals surface area contributed by atoms with Gasteiger partial charge in [0.05, 0.1) is 5.54 Å². The van der Waals surface area contributed by atoms with Crippen molar-refractivity contribution < 1.29 is 4.52 Å². The summed E-state index contributed by atoms with van der Waals surface area (Å²) in [6, 6.07) is 8.26. The molecule has 0 saturated carbocycles. The Kier molecular flexibility index (Phi) is 2.98. The van der Waals surface area contributed by atoms with Crippen molar-refractivity contribution in [2.45, 2.75) is 32.7 Å². The largest absolute Gasteiger partial charge is 0.337 e. The SMILES string of the molecule is Cc1cccc(Cc2noc(C(C)(C)N)n2)c1. The lowest BCUT2D eigenvalue weighted by Crippen LogP contribution is -2.29. The molecule has 0 amide bonds. The molecule has 4 heteroatoms. The fraction of sp³-hybridized carbons (Fsp3) is 0.385. The van der Waals surface area contributed by atoms with Gasteiger partial charge in [-0.05, 0) is 26.3 Å². The molecular weight excluding hydrogens is 214 g/mol. The van der Waals surface area contributed by atoms with Crippen molar-refractivity contribution in [3.8, 4) is 0 Å². The van der Waals surface area contributed by atoms with Crippen LogP contribution in [-0.4, -0.2) is 10.1 Å². The molecule has 1 aromatic heterocycles. The fourth-order valence-corrected chi connectivity index (χ4v) is 1.59. The third kappa shape index (κ3) is 2.91. The first-order valence-corrected chi connectivity index (χ1v) is 5.62. The Morgan fingerprint density at radius 3 is 2.71 bits per heavy atom. The summed E-state index contributed by atoms with van der Waals surface area (Å²) >= 11 is 0. The van der Waals surface area contributed by atoms with Crippen molar-refractivity contribution in [1.29, 1.82) is 0 Å². The molecule has 0 aliphatic rings. The van der Waals surface area contributed by atoms with Gasteiger partial charge in [0.1, 0.15) is 0 Å². The molecule has 0 aliphatic carbocycles. The van der Waals surface area contributed by atoms with Crippen LogP contribution in [0.4, 0.5) is 0 Å². The Balaban J connectivity index is 2.17. The van der Waals surface area contributed by atoms with Crippen molar-refractivity contribution in [1.82, 2.24) is 10.1 Å². The maximum atomic E-state index is 5.89. The van der Waals surface area contributed by atoms with Gasteiger partial charge in [-0.2, -0.15) is 4.98 Å². The van der Waals surface area contributed by atoms with Gasteiger partial charge < -0.3 is 10.3 Å². The Bertz CT molecular complexity index is 511. The summed E-state index contributed by atoms with van der Waals surface area (Å²) in [6.45, 7) is 5.75. The first-order valence-electron chi connectivity index (χ1n) is 5.62. The Morgan fingerprint density at radius 1 is 1.35 bits per heavy atom. The van der Waals surface area contributed by atoms with Gasteiger partial charge in [-0.15, -0.1) is 0 Å². The summed E-state index contributed by atoms with van der Waals surface area (Å²) in [7, 11) is 0. The van der Waals surface area contributed by atoms with Crippen LogP contribution in [-0.2, 0) is 12.0 Å². The van der Waals surface area contributed by atoms with E-state index < -0.39 is 5.54 Å².